The van der Waals surface area contributed by atoms with Gasteiger partial charge in [0.2, 0.25) is 5.91 Å². The molecule has 2 aromatic heterocycles. The van der Waals surface area contributed by atoms with E-state index < -0.39 is 9.84 Å². The number of imidazole rings is 1. The number of hydrogen-bond acceptors (Lipinski definition) is 8. The summed E-state index contributed by atoms with van der Waals surface area (Å²) in [7, 11) is -3.29. The summed E-state index contributed by atoms with van der Waals surface area (Å²) in [6, 6.07) is 7.46. The lowest BCUT2D eigenvalue weighted by molar-refractivity contribution is -0.138. The van der Waals surface area contributed by atoms with E-state index in [1.807, 2.05) is 12.1 Å². The van der Waals surface area contributed by atoms with Crippen molar-refractivity contribution in [1.29, 1.82) is 0 Å². The van der Waals surface area contributed by atoms with Gasteiger partial charge in [0, 0.05) is 44.0 Å². The largest absolute Gasteiger partial charge is 0.342 e. The van der Waals surface area contributed by atoms with E-state index in [0.717, 1.165) is 80.4 Å². The second-order valence-electron chi connectivity index (χ2n) is 9.98. The molecular weight excluding hydrogens is 508 g/mol. The summed E-state index contributed by atoms with van der Waals surface area (Å²) in [4.78, 5) is 22.9. The molecule has 9 nitrogen and oxygen atoms in total. The third-order valence-corrected chi connectivity index (χ3v) is 9.41. The van der Waals surface area contributed by atoms with Crippen LogP contribution in [-0.4, -0.2) is 82.1 Å². The number of likely N-dealkylation sites (tertiary alicyclic amines) is 2. The number of nitrogens with zero attached hydrogens (tertiary/aromatic N) is 6. The number of sulfone groups is 1. The minimum absolute atomic E-state index is 0.0954. The van der Waals surface area contributed by atoms with Crippen molar-refractivity contribution in [1.82, 2.24) is 29.5 Å². The third kappa shape index (κ3) is 5.83. The molecule has 2 aliphatic heterocycles. The lowest BCUT2D eigenvalue weighted by atomic mass is 9.93. The van der Waals surface area contributed by atoms with Crippen molar-refractivity contribution < 1.29 is 13.2 Å². The summed E-state index contributed by atoms with van der Waals surface area (Å²) in [5.74, 6) is 1.27. The monoisotopic (exact) mass is 542 g/mol. The van der Waals surface area contributed by atoms with Crippen molar-refractivity contribution in [2.24, 2.45) is 5.92 Å². The van der Waals surface area contributed by atoms with Gasteiger partial charge in [0.25, 0.3) is 0 Å². The molecule has 1 amide bonds. The first-order chi connectivity index (χ1) is 17.8. The van der Waals surface area contributed by atoms with Crippen LogP contribution < -0.4 is 0 Å². The van der Waals surface area contributed by atoms with E-state index in [0.29, 0.717) is 16.3 Å². The zero-order chi connectivity index (χ0) is 26.0. The van der Waals surface area contributed by atoms with Gasteiger partial charge in [-0.3, -0.25) is 9.69 Å². The van der Waals surface area contributed by atoms with Gasteiger partial charge >= 0.3 is 0 Å². The highest BCUT2D eigenvalue weighted by Gasteiger charge is 2.32. The van der Waals surface area contributed by atoms with Crippen molar-refractivity contribution in [2.45, 2.75) is 55.2 Å². The molecule has 2 fully saturated rings. The molecule has 0 radical (unpaired) electrons. The molecule has 0 spiro atoms. The average Bonchev–Trinajstić information content (AvgIpc) is 3.26. The molecule has 0 atom stereocenters. The van der Waals surface area contributed by atoms with Crippen LogP contribution in [0.25, 0.3) is 11.0 Å². The van der Waals surface area contributed by atoms with Crippen molar-refractivity contribution >= 4 is 38.5 Å². The number of benzene rings is 1. The van der Waals surface area contributed by atoms with Gasteiger partial charge in [0.15, 0.2) is 15.0 Å². The molecule has 1 aromatic carbocycles. The zero-order valence-electron chi connectivity index (χ0n) is 21.4. The van der Waals surface area contributed by atoms with Gasteiger partial charge in [0.05, 0.1) is 22.1 Å². The van der Waals surface area contributed by atoms with Crippen molar-refractivity contribution in [3.63, 3.8) is 0 Å². The van der Waals surface area contributed by atoms with Gasteiger partial charge in [0.1, 0.15) is 0 Å². The molecule has 198 valence electrons. The molecule has 0 aliphatic carbocycles. The minimum Gasteiger partial charge on any atom is -0.342 e. The fourth-order valence-corrected chi connectivity index (χ4v) is 6.93. The van der Waals surface area contributed by atoms with Crippen LogP contribution in [0.3, 0.4) is 0 Å². The van der Waals surface area contributed by atoms with E-state index in [-0.39, 0.29) is 12.0 Å². The number of hydrogen-bond donors (Lipinski definition) is 0. The summed E-state index contributed by atoms with van der Waals surface area (Å²) in [5, 5.41) is 8.72. The van der Waals surface area contributed by atoms with Gasteiger partial charge in [-0.15, -0.1) is 0 Å². The first kappa shape index (κ1) is 26.1. The quantitative estimate of drug-likeness (QED) is 0.419. The van der Waals surface area contributed by atoms with Gasteiger partial charge in [-0.05, 0) is 74.4 Å². The van der Waals surface area contributed by atoms with Gasteiger partial charge < -0.3 is 9.47 Å². The van der Waals surface area contributed by atoms with Crippen molar-refractivity contribution in [2.75, 3.05) is 38.2 Å². The highest BCUT2D eigenvalue weighted by atomic mass is 32.2. The third-order valence-electron chi connectivity index (χ3n) is 7.46. The molecule has 2 aliphatic rings. The van der Waals surface area contributed by atoms with Crippen molar-refractivity contribution in [3.05, 3.63) is 42.2 Å². The zero-order valence-corrected chi connectivity index (χ0v) is 23.0. The lowest BCUT2D eigenvalue weighted by Crippen LogP contribution is -2.45. The Labute approximate surface area is 222 Å². The Morgan fingerprint density at radius 3 is 2.46 bits per heavy atom. The van der Waals surface area contributed by atoms with Crippen LogP contribution in [0, 0.1) is 5.92 Å². The molecule has 0 N–H and O–H groups in total. The molecule has 0 bridgehead atoms. The second-order valence-corrected chi connectivity index (χ2v) is 13.2. The standard InChI is InChI=1S/C26H34N6O3S2/c1-3-36-26-29-23-16-22(37(2,34)35)4-5-24(23)32(26)21-9-14-31(15-10-21)25(33)20-7-12-30(13-8-20)18-19-6-11-27-28-17-19/h4-6,11,16-17,20-21H,3,7-10,12-15,18H2,1-2H3. The summed E-state index contributed by atoms with van der Waals surface area (Å²) in [6.07, 6.45) is 8.28. The lowest BCUT2D eigenvalue weighted by Gasteiger charge is -2.38. The highest BCUT2D eigenvalue weighted by Crippen LogP contribution is 2.34. The SMILES string of the molecule is CCSc1nc2cc(S(C)(=O)=O)ccc2n1C1CCN(C(=O)C2CCN(Cc3ccnnc3)CC2)CC1. The van der Waals surface area contributed by atoms with E-state index in [1.165, 1.54) is 6.26 Å². The number of fused-ring (bicyclic) bond motifs is 1. The molecule has 5 rings (SSSR count). The van der Waals surface area contributed by atoms with E-state index in [9.17, 15) is 13.2 Å². The molecule has 2 saturated heterocycles. The molecular formula is C26H34N6O3S2. The summed E-state index contributed by atoms with van der Waals surface area (Å²) in [6.45, 7) is 6.27. The maximum Gasteiger partial charge on any atom is 0.225 e. The molecule has 0 unspecified atom stereocenters. The van der Waals surface area contributed by atoms with E-state index in [1.54, 1.807) is 36.3 Å². The Morgan fingerprint density at radius 1 is 1.05 bits per heavy atom. The number of rotatable bonds is 7. The maximum absolute atomic E-state index is 13.3. The number of amides is 1. The summed E-state index contributed by atoms with van der Waals surface area (Å²) < 4.78 is 26.4. The highest BCUT2D eigenvalue weighted by molar-refractivity contribution is 7.99. The Bertz CT molecular complexity index is 1350. The second kappa shape index (κ2) is 11.1. The predicted octanol–water partition coefficient (Wildman–Crippen LogP) is 3.42. The smallest absolute Gasteiger partial charge is 0.225 e. The number of aromatic nitrogens is 4. The first-order valence-electron chi connectivity index (χ1n) is 12.9. The Kier molecular flexibility index (Phi) is 7.83. The van der Waals surface area contributed by atoms with Crippen LogP contribution in [0.2, 0.25) is 0 Å². The molecule has 4 heterocycles. The fraction of sp³-hybridized carbons (Fsp3) is 0.538. The number of thioether (sulfide) groups is 1. The number of carbonyl (C=O) groups excluding carboxylic acids is 1. The van der Waals surface area contributed by atoms with Crippen LogP contribution in [0.4, 0.5) is 0 Å². The molecule has 0 saturated carbocycles. The van der Waals surface area contributed by atoms with Crippen LogP contribution in [0.1, 0.15) is 44.2 Å². The topological polar surface area (TPSA) is 101 Å². The van der Waals surface area contributed by atoms with Gasteiger partial charge in [-0.1, -0.05) is 18.7 Å². The van der Waals surface area contributed by atoms with Crippen LogP contribution in [-0.2, 0) is 21.2 Å². The fourth-order valence-electron chi connectivity index (χ4n) is 5.48. The Hall–Kier alpha value is -2.50. The van der Waals surface area contributed by atoms with E-state index >= 15 is 0 Å². The molecule has 3 aromatic rings. The number of carbonyl (C=O) groups is 1. The predicted molar refractivity (Wildman–Crippen MR) is 144 cm³/mol. The Morgan fingerprint density at radius 2 is 1.81 bits per heavy atom. The molecule has 11 heteroatoms. The van der Waals surface area contributed by atoms with Crippen molar-refractivity contribution in [3.8, 4) is 0 Å². The van der Waals surface area contributed by atoms with E-state index in [2.05, 4.69) is 31.5 Å². The minimum atomic E-state index is -3.29. The average molecular weight is 543 g/mol. The van der Waals surface area contributed by atoms with Crippen LogP contribution >= 0.6 is 11.8 Å². The van der Waals surface area contributed by atoms with E-state index in [4.69, 9.17) is 4.98 Å². The van der Waals surface area contributed by atoms with Gasteiger partial charge in [-0.25, -0.2) is 13.4 Å². The first-order valence-corrected chi connectivity index (χ1v) is 15.8. The van der Waals surface area contributed by atoms with Crippen LogP contribution in [0.5, 0.6) is 0 Å². The summed E-state index contributed by atoms with van der Waals surface area (Å²) >= 11 is 1.67. The maximum atomic E-state index is 13.3. The van der Waals surface area contributed by atoms with Crippen LogP contribution in [0.15, 0.2) is 46.7 Å². The Balaban J connectivity index is 1.21. The molecule has 37 heavy (non-hydrogen) atoms. The van der Waals surface area contributed by atoms with Gasteiger partial charge in [-0.2, -0.15) is 10.2 Å². The number of piperidine rings is 2. The summed E-state index contributed by atoms with van der Waals surface area (Å²) in [5.41, 5.74) is 2.83. The normalized spacial score (nSPS) is 18.5.